The number of hydrogen-bond donors (Lipinski definition) is 2. The van der Waals surface area contributed by atoms with Gasteiger partial charge >= 0.3 is 0 Å². The molecule has 4 rings (SSSR count). The Labute approximate surface area is 167 Å². The molecule has 3 heterocycles. The number of aryl methyl sites for hydroxylation is 1. The molecule has 9 heteroatoms. The van der Waals surface area contributed by atoms with Gasteiger partial charge in [0, 0.05) is 11.6 Å². The van der Waals surface area contributed by atoms with Crippen molar-refractivity contribution in [3.05, 3.63) is 68.5 Å². The van der Waals surface area contributed by atoms with Gasteiger partial charge in [-0.05, 0) is 22.9 Å². The first-order valence-corrected chi connectivity index (χ1v) is 9.25. The van der Waals surface area contributed by atoms with E-state index in [1.54, 1.807) is 6.92 Å². The van der Waals surface area contributed by atoms with Gasteiger partial charge in [0.25, 0.3) is 0 Å². The topological polar surface area (TPSA) is 114 Å². The van der Waals surface area contributed by atoms with Crippen LogP contribution in [0.15, 0.2) is 54.8 Å². The lowest BCUT2D eigenvalue weighted by molar-refractivity contribution is -0.120. The van der Waals surface area contributed by atoms with E-state index in [-0.39, 0.29) is 29.9 Å². The quantitative estimate of drug-likeness (QED) is 0.490. The van der Waals surface area contributed by atoms with Gasteiger partial charge in [-0.3, -0.25) is 14.7 Å². The third-order valence-electron chi connectivity index (χ3n) is 4.11. The Kier molecular flexibility index (Phi) is 4.82. The van der Waals surface area contributed by atoms with Gasteiger partial charge in [-0.1, -0.05) is 30.3 Å². The van der Waals surface area contributed by atoms with E-state index >= 15 is 0 Å². The molecular weight excluding hydrogens is 428 g/mol. The molecule has 1 aromatic carbocycles. The molecule has 0 aliphatic heterocycles. The van der Waals surface area contributed by atoms with Gasteiger partial charge < -0.3 is 14.2 Å². The lowest BCUT2D eigenvalue weighted by atomic mass is 10.1. The lowest BCUT2D eigenvalue weighted by Gasteiger charge is -2.04. The minimum atomic E-state index is -0.283. The number of amides is 1. The van der Waals surface area contributed by atoms with Gasteiger partial charge in [0.05, 0.1) is 18.5 Å². The van der Waals surface area contributed by atoms with Gasteiger partial charge in [0.15, 0.2) is 5.58 Å². The predicted octanol–water partition coefficient (Wildman–Crippen LogP) is 3.10. The van der Waals surface area contributed by atoms with E-state index < -0.39 is 0 Å². The third kappa shape index (κ3) is 3.61. The van der Waals surface area contributed by atoms with Crippen molar-refractivity contribution in [2.75, 3.05) is 0 Å². The van der Waals surface area contributed by atoms with Crippen LogP contribution in [0.3, 0.4) is 0 Å². The first-order valence-electron chi connectivity index (χ1n) is 8.46. The van der Waals surface area contributed by atoms with Crippen molar-refractivity contribution in [2.24, 2.45) is 0 Å². The maximum atomic E-state index is 12.5. The van der Waals surface area contributed by atoms with E-state index in [1.165, 1.54) is 6.07 Å². The fourth-order valence-corrected chi connectivity index (χ4v) is 3.20. The average Bonchev–Trinajstić information content (AvgIpc) is 3.25. The molecule has 2 N–H and O–H groups in total. The van der Waals surface area contributed by atoms with Crippen molar-refractivity contribution in [1.29, 1.82) is 0 Å². The second-order valence-electron chi connectivity index (χ2n) is 6.16. The van der Waals surface area contributed by atoms with Gasteiger partial charge in [-0.25, -0.2) is 4.98 Å². The summed E-state index contributed by atoms with van der Waals surface area (Å²) in [6.45, 7) is 1.87. The highest BCUT2D eigenvalue weighted by Gasteiger charge is 2.22. The minimum Gasteiger partial charge on any atom is -0.457 e. The molecule has 0 fully saturated rings. The molecule has 28 heavy (non-hydrogen) atoms. The molecule has 0 aliphatic carbocycles. The predicted molar refractivity (Wildman–Crippen MR) is 105 cm³/mol. The highest BCUT2D eigenvalue weighted by atomic mass is 79.9. The summed E-state index contributed by atoms with van der Waals surface area (Å²) in [6.07, 6.45) is -0.0150. The Morgan fingerprint density at radius 3 is 2.71 bits per heavy atom. The number of rotatable bonds is 5. The van der Waals surface area contributed by atoms with E-state index in [1.807, 2.05) is 30.3 Å². The van der Waals surface area contributed by atoms with Crippen LogP contribution in [0.2, 0.25) is 0 Å². The number of carbonyl (C=O) groups excluding carboxylic acids is 1. The van der Waals surface area contributed by atoms with Crippen LogP contribution in [0, 0.1) is 6.92 Å². The molecule has 3 aromatic heterocycles. The van der Waals surface area contributed by atoms with Crippen molar-refractivity contribution in [1.82, 2.24) is 20.5 Å². The molecule has 8 nitrogen and oxygen atoms in total. The number of aromatic nitrogens is 3. The van der Waals surface area contributed by atoms with E-state index in [0.717, 1.165) is 5.56 Å². The molecule has 1 amide bonds. The van der Waals surface area contributed by atoms with Crippen molar-refractivity contribution in [3.63, 3.8) is 0 Å². The number of hydrogen-bond acceptors (Lipinski definition) is 6. The van der Waals surface area contributed by atoms with Crippen LogP contribution in [-0.2, 0) is 17.8 Å². The molecule has 0 saturated carbocycles. The van der Waals surface area contributed by atoms with Crippen LogP contribution in [0.4, 0.5) is 0 Å². The molecular formula is C19H15BrN4O4. The Balaban J connectivity index is 1.69. The monoisotopic (exact) mass is 442 g/mol. The van der Waals surface area contributed by atoms with Crippen LogP contribution < -0.4 is 10.7 Å². The van der Waals surface area contributed by atoms with Crippen molar-refractivity contribution in [3.8, 4) is 11.3 Å². The zero-order chi connectivity index (χ0) is 19.7. The average molecular weight is 443 g/mol. The molecule has 4 aromatic rings. The standard InChI is InChI=1S/C19H15BrN4O4/c1-10-7-13(25)18-17(27-10)12(16(28-18)11-5-3-2-4-6-11)8-15(26)21-9-14-22-19(20)24-23-14/h2-7H,8-9H2,1H3,(H,21,26)(H,22,23,24). The van der Waals surface area contributed by atoms with E-state index in [4.69, 9.17) is 8.83 Å². The van der Waals surface area contributed by atoms with Gasteiger partial charge in [0.1, 0.15) is 17.3 Å². The second-order valence-corrected chi connectivity index (χ2v) is 6.87. The molecule has 0 bridgehead atoms. The van der Waals surface area contributed by atoms with Crippen molar-refractivity contribution >= 4 is 33.0 Å². The number of benzene rings is 1. The molecule has 142 valence electrons. The SMILES string of the molecule is Cc1cc(=O)c2oc(-c3ccccc3)c(CC(=O)NCc3nc(Br)n[nH]3)c2o1. The Bertz CT molecular complexity index is 1210. The summed E-state index contributed by atoms with van der Waals surface area (Å²) in [4.78, 5) is 28.9. The van der Waals surface area contributed by atoms with Gasteiger partial charge in [-0.2, -0.15) is 0 Å². The highest BCUT2D eigenvalue weighted by Crippen LogP contribution is 2.33. The van der Waals surface area contributed by atoms with Gasteiger partial charge in [-0.15, -0.1) is 5.10 Å². The smallest absolute Gasteiger partial charge is 0.228 e. The molecule has 0 spiro atoms. The molecule has 0 saturated heterocycles. The van der Waals surface area contributed by atoms with Crippen molar-refractivity contribution < 1.29 is 13.6 Å². The summed E-state index contributed by atoms with van der Waals surface area (Å²) in [5, 5.41) is 9.32. The van der Waals surface area contributed by atoms with Crippen molar-refractivity contribution in [2.45, 2.75) is 19.9 Å². The number of carbonyl (C=O) groups is 1. The van der Waals surface area contributed by atoms with Crippen LogP contribution in [0.25, 0.3) is 22.5 Å². The first-order chi connectivity index (χ1) is 13.5. The summed E-state index contributed by atoms with van der Waals surface area (Å²) in [5.41, 5.74) is 1.40. The fraction of sp³-hybridized carbons (Fsp3) is 0.158. The number of nitrogens with one attached hydrogen (secondary N) is 2. The first kappa shape index (κ1) is 18.2. The number of H-pyrrole nitrogens is 1. The highest BCUT2D eigenvalue weighted by molar-refractivity contribution is 9.10. The van der Waals surface area contributed by atoms with E-state index in [2.05, 4.69) is 36.4 Å². The summed E-state index contributed by atoms with van der Waals surface area (Å²) < 4.78 is 12.0. The number of nitrogens with zero attached hydrogens (tertiary/aromatic N) is 2. The zero-order valence-corrected chi connectivity index (χ0v) is 16.4. The Hall–Kier alpha value is -3.20. The molecule has 0 radical (unpaired) electrons. The van der Waals surface area contributed by atoms with Crippen LogP contribution in [0.1, 0.15) is 17.1 Å². The Morgan fingerprint density at radius 2 is 2.00 bits per heavy atom. The summed E-state index contributed by atoms with van der Waals surface area (Å²) >= 11 is 3.14. The van der Waals surface area contributed by atoms with Crippen LogP contribution >= 0.6 is 15.9 Å². The minimum absolute atomic E-state index is 0.0150. The second kappa shape index (κ2) is 7.43. The number of halogens is 1. The maximum Gasteiger partial charge on any atom is 0.228 e. The van der Waals surface area contributed by atoms with Crippen LogP contribution in [-0.4, -0.2) is 21.1 Å². The molecule has 0 aliphatic rings. The Morgan fingerprint density at radius 1 is 1.21 bits per heavy atom. The molecule has 0 atom stereocenters. The number of furan rings is 1. The van der Waals surface area contributed by atoms with Gasteiger partial charge in [0.2, 0.25) is 21.7 Å². The summed E-state index contributed by atoms with van der Waals surface area (Å²) in [7, 11) is 0. The summed E-state index contributed by atoms with van der Waals surface area (Å²) in [6, 6.07) is 10.7. The third-order valence-corrected chi connectivity index (χ3v) is 4.47. The lowest BCUT2D eigenvalue weighted by Crippen LogP contribution is -2.25. The van der Waals surface area contributed by atoms with E-state index in [0.29, 0.717) is 33.2 Å². The zero-order valence-electron chi connectivity index (χ0n) is 14.8. The van der Waals surface area contributed by atoms with E-state index in [9.17, 15) is 9.59 Å². The maximum absolute atomic E-state index is 12.5. The summed E-state index contributed by atoms with van der Waals surface area (Å²) in [5.74, 6) is 1.14. The normalized spacial score (nSPS) is 11.1. The number of aromatic amines is 1. The number of fused-ring (bicyclic) bond motifs is 1. The largest absolute Gasteiger partial charge is 0.457 e. The van der Waals surface area contributed by atoms with Crippen LogP contribution in [0.5, 0.6) is 0 Å². The molecule has 0 unspecified atom stereocenters. The fourth-order valence-electron chi connectivity index (χ4n) is 2.90.